The van der Waals surface area contributed by atoms with Crippen LogP contribution in [0.25, 0.3) is 0 Å². The predicted molar refractivity (Wildman–Crippen MR) is 125 cm³/mol. The van der Waals surface area contributed by atoms with Gasteiger partial charge in [0.1, 0.15) is 5.82 Å². The fourth-order valence-electron chi connectivity index (χ4n) is 2.79. The summed E-state index contributed by atoms with van der Waals surface area (Å²) in [6.07, 6.45) is 0.828. The summed E-state index contributed by atoms with van der Waals surface area (Å²) in [5, 5.41) is 0. The lowest BCUT2D eigenvalue weighted by Crippen LogP contribution is -2.28. The van der Waals surface area contributed by atoms with Crippen LogP contribution in [0.4, 0.5) is 10.6 Å². The zero-order valence-electron chi connectivity index (χ0n) is 18.0. The molecule has 174 valence electrons. The summed E-state index contributed by atoms with van der Waals surface area (Å²) in [5.41, 5.74) is 2.11. The van der Waals surface area contributed by atoms with Gasteiger partial charge < -0.3 is 4.74 Å². The summed E-state index contributed by atoms with van der Waals surface area (Å²) in [6, 6.07) is 21.6. The van der Waals surface area contributed by atoms with E-state index < -0.39 is 13.9 Å². The summed E-state index contributed by atoms with van der Waals surface area (Å²) >= 11 is 5.47. The summed E-state index contributed by atoms with van der Waals surface area (Å²) in [5.74, 6) is 0.269. The van der Waals surface area contributed by atoms with Crippen molar-refractivity contribution in [1.29, 1.82) is 0 Å². The van der Waals surface area contributed by atoms with Crippen LogP contribution < -0.4 is 4.90 Å². The van der Waals surface area contributed by atoms with Crippen LogP contribution in [0.15, 0.2) is 79.0 Å². The summed E-state index contributed by atoms with van der Waals surface area (Å²) in [6.45, 7) is -0.105. The Hall–Kier alpha value is -2.74. The average Bonchev–Trinajstić information content (AvgIpc) is 2.86. The number of anilines is 1. The minimum Gasteiger partial charge on any atom is -0.433 e. The Morgan fingerprint density at radius 1 is 0.879 bits per heavy atom. The lowest BCUT2D eigenvalue weighted by atomic mass is 10.2. The molecule has 10 heteroatoms. The standard InChI is InChI=1S/C23H24ClN2O6P/c1-26(23(27)29-18-24)22-21(13-8-14-25-22)17-32-33(28,30-15-19-9-4-2-5-10-19)31-16-20-11-6-3-7-12-20/h2-14H,15-18H2,1H3. The predicted octanol–water partition coefficient (Wildman–Crippen LogP) is 5.91. The van der Waals surface area contributed by atoms with Crippen molar-refractivity contribution in [2.45, 2.75) is 19.8 Å². The first-order valence-corrected chi connectivity index (χ1v) is 12.0. The van der Waals surface area contributed by atoms with Gasteiger partial charge in [-0.3, -0.25) is 18.5 Å². The van der Waals surface area contributed by atoms with Crippen LogP contribution in [0.1, 0.15) is 16.7 Å². The minimum atomic E-state index is -3.99. The van der Waals surface area contributed by atoms with Crippen molar-refractivity contribution in [3.63, 3.8) is 0 Å². The number of hydrogen-bond acceptors (Lipinski definition) is 7. The van der Waals surface area contributed by atoms with Gasteiger partial charge in [0.25, 0.3) is 0 Å². The first-order chi connectivity index (χ1) is 16.0. The second kappa shape index (κ2) is 12.5. The average molecular weight is 491 g/mol. The number of hydrogen-bond donors (Lipinski definition) is 0. The molecule has 0 unspecified atom stereocenters. The highest BCUT2D eigenvalue weighted by Gasteiger charge is 2.28. The van der Waals surface area contributed by atoms with Crippen molar-refractivity contribution in [3.8, 4) is 0 Å². The van der Waals surface area contributed by atoms with Gasteiger partial charge in [-0.2, -0.15) is 0 Å². The maximum atomic E-state index is 13.4. The lowest BCUT2D eigenvalue weighted by Gasteiger charge is -2.21. The van der Waals surface area contributed by atoms with Gasteiger partial charge in [0.2, 0.25) is 0 Å². The summed E-state index contributed by atoms with van der Waals surface area (Å²) in [7, 11) is -2.50. The van der Waals surface area contributed by atoms with Crippen LogP contribution in [0.5, 0.6) is 0 Å². The van der Waals surface area contributed by atoms with Gasteiger partial charge in [0.15, 0.2) is 6.07 Å². The Kier molecular flexibility index (Phi) is 9.42. The molecule has 0 fully saturated rings. The van der Waals surface area contributed by atoms with Crippen molar-refractivity contribution in [1.82, 2.24) is 4.98 Å². The number of alkyl halides is 1. The van der Waals surface area contributed by atoms with Gasteiger partial charge in [-0.15, -0.1) is 0 Å². The first-order valence-electron chi connectivity index (χ1n) is 10.0. The number of ether oxygens (including phenoxy) is 1. The monoisotopic (exact) mass is 490 g/mol. The Morgan fingerprint density at radius 2 is 1.42 bits per heavy atom. The summed E-state index contributed by atoms with van der Waals surface area (Å²) in [4.78, 5) is 17.4. The molecule has 2 aromatic carbocycles. The van der Waals surface area contributed by atoms with Gasteiger partial charge in [0.05, 0.1) is 19.8 Å². The molecule has 1 heterocycles. The van der Waals surface area contributed by atoms with Crippen LogP contribution >= 0.6 is 19.4 Å². The molecule has 8 nitrogen and oxygen atoms in total. The fraction of sp³-hybridized carbons (Fsp3) is 0.217. The molecule has 0 aliphatic heterocycles. The van der Waals surface area contributed by atoms with Gasteiger partial charge in [-0.05, 0) is 17.2 Å². The van der Waals surface area contributed by atoms with E-state index in [-0.39, 0.29) is 31.7 Å². The molecule has 0 aliphatic rings. The Morgan fingerprint density at radius 3 is 1.97 bits per heavy atom. The molecule has 1 aromatic heterocycles. The molecule has 33 heavy (non-hydrogen) atoms. The van der Waals surface area contributed by atoms with Crippen LogP contribution in [-0.2, 0) is 42.7 Å². The van der Waals surface area contributed by atoms with Crippen LogP contribution in [-0.4, -0.2) is 24.2 Å². The van der Waals surface area contributed by atoms with E-state index in [4.69, 9.17) is 29.9 Å². The van der Waals surface area contributed by atoms with Crippen molar-refractivity contribution >= 4 is 31.3 Å². The molecule has 0 radical (unpaired) electrons. The highest BCUT2D eigenvalue weighted by Crippen LogP contribution is 2.52. The largest absolute Gasteiger partial charge is 0.475 e. The molecular formula is C23H24ClN2O6P. The molecular weight excluding hydrogens is 467 g/mol. The molecule has 0 bridgehead atoms. The highest BCUT2D eigenvalue weighted by molar-refractivity contribution is 7.48. The van der Waals surface area contributed by atoms with Gasteiger partial charge in [0, 0.05) is 18.8 Å². The van der Waals surface area contributed by atoms with Crippen LogP contribution in [0, 0.1) is 0 Å². The second-order valence-electron chi connectivity index (χ2n) is 6.80. The number of pyridine rings is 1. The van der Waals surface area contributed by atoms with E-state index in [0.29, 0.717) is 5.56 Å². The zero-order valence-corrected chi connectivity index (χ0v) is 19.7. The van der Waals surface area contributed by atoms with E-state index in [1.165, 1.54) is 18.1 Å². The molecule has 3 rings (SSSR count). The van der Waals surface area contributed by atoms with Crippen LogP contribution in [0.2, 0.25) is 0 Å². The number of carbonyl (C=O) groups is 1. The van der Waals surface area contributed by atoms with E-state index in [1.54, 1.807) is 12.1 Å². The molecule has 0 aliphatic carbocycles. The van der Waals surface area contributed by atoms with Gasteiger partial charge >= 0.3 is 13.9 Å². The number of amides is 1. The van der Waals surface area contributed by atoms with E-state index >= 15 is 0 Å². The van der Waals surface area contributed by atoms with E-state index in [0.717, 1.165) is 11.1 Å². The zero-order chi connectivity index (χ0) is 23.5. The van der Waals surface area contributed by atoms with Crippen molar-refractivity contribution in [2.75, 3.05) is 18.0 Å². The number of benzene rings is 2. The molecule has 3 aromatic rings. The number of halogens is 1. The molecule has 1 amide bonds. The third kappa shape index (κ3) is 7.67. The third-order valence-corrected chi connectivity index (χ3v) is 5.92. The highest BCUT2D eigenvalue weighted by atomic mass is 35.5. The molecule has 0 N–H and O–H groups in total. The van der Waals surface area contributed by atoms with Gasteiger partial charge in [-0.1, -0.05) is 78.3 Å². The number of carbonyl (C=O) groups excluding carboxylic acids is 1. The number of phosphoric acid groups is 1. The Balaban J connectivity index is 1.74. The van der Waals surface area contributed by atoms with E-state index in [2.05, 4.69) is 4.98 Å². The molecule has 0 spiro atoms. The number of nitrogens with zero attached hydrogens (tertiary/aromatic N) is 2. The Labute approximate surface area is 197 Å². The quantitative estimate of drug-likeness (QED) is 0.244. The second-order valence-corrected chi connectivity index (χ2v) is 8.69. The Bertz CT molecular complexity index is 1020. The molecule has 0 saturated carbocycles. The molecule has 0 saturated heterocycles. The number of rotatable bonds is 11. The third-order valence-electron chi connectivity index (χ3n) is 4.48. The topological polar surface area (TPSA) is 87.2 Å². The van der Waals surface area contributed by atoms with Crippen molar-refractivity contribution < 1.29 is 27.7 Å². The smallest absolute Gasteiger partial charge is 0.433 e. The van der Waals surface area contributed by atoms with Crippen LogP contribution in [0.3, 0.4) is 0 Å². The first kappa shape index (κ1) is 24.9. The minimum absolute atomic E-state index is 0.0365. The number of aromatic nitrogens is 1. The molecule has 0 atom stereocenters. The maximum absolute atomic E-state index is 13.4. The van der Waals surface area contributed by atoms with Gasteiger partial charge in [-0.25, -0.2) is 14.3 Å². The lowest BCUT2D eigenvalue weighted by molar-refractivity contribution is 0.0979. The van der Waals surface area contributed by atoms with Crippen molar-refractivity contribution in [3.05, 3.63) is 95.7 Å². The maximum Gasteiger partial charge on any atom is 0.475 e. The van der Waals surface area contributed by atoms with E-state index in [1.807, 2.05) is 60.7 Å². The van der Waals surface area contributed by atoms with E-state index in [9.17, 15) is 9.36 Å². The number of phosphoric ester groups is 1. The SMILES string of the molecule is CN(C(=O)OCCl)c1ncccc1COP(=O)(OCc1ccccc1)OCc1ccccc1. The fourth-order valence-corrected chi connectivity index (χ4v) is 4.02. The normalized spacial score (nSPS) is 11.2. The van der Waals surface area contributed by atoms with Crippen molar-refractivity contribution in [2.24, 2.45) is 0 Å². The summed E-state index contributed by atoms with van der Waals surface area (Å²) < 4.78 is 35.1.